The molecule has 2 rings (SSSR count). The van der Waals surface area contributed by atoms with E-state index in [1.165, 1.54) is 4.90 Å². The molecule has 0 saturated carbocycles. The molecule has 20 heavy (non-hydrogen) atoms. The summed E-state index contributed by atoms with van der Waals surface area (Å²) in [6.45, 7) is 0.445. The second-order valence-corrected chi connectivity index (χ2v) is 4.99. The molecular formula is C16H15NO2S. The van der Waals surface area contributed by atoms with Crippen molar-refractivity contribution in [1.82, 2.24) is 0 Å². The first-order valence-electron chi connectivity index (χ1n) is 6.10. The molecule has 0 heterocycles. The first-order chi connectivity index (χ1) is 9.76. The van der Waals surface area contributed by atoms with E-state index >= 15 is 0 Å². The van der Waals surface area contributed by atoms with Crippen molar-refractivity contribution >= 4 is 11.8 Å². The summed E-state index contributed by atoms with van der Waals surface area (Å²) in [5, 5.41) is 8.93. The van der Waals surface area contributed by atoms with Gasteiger partial charge in [-0.2, -0.15) is 5.26 Å². The highest BCUT2D eigenvalue weighted by Crippen LogP contribution is 2.22. The number of thioether (sulfide) groups is 1. The van der Waals surface area contributed by atoms with Gasteiger partial charge in [-0.15, -0.1) is 11.8 Å². The molecule has 2 aromatic rings. The van der Waals surface area contributed by atoms with Crippen molar-refractivity contribution in [3.63, 3.8) is 0 Å². The largest absolute Gasteiger partial charge is 0.495 e. The number of benzene rings is 2. The molecular weight excluding hydrogens is 270 g/mol. The van der Waals surface area contributed by atoms with Gasteiger partial charge >= 0.3 is 0 Å². The molecule has 0 saturated heterocycles. The predicted octanol–water partition coefficient (Wildman–Crippen LogP) is 3.87. The average Bonchev–Trinajstić information content (AvgIpc) is 2.53. The maximum atomic E-state index is 8.93. The number of hydrogen-bond donors (Lipinski definition) is 0. The van der Waals surface area contributed by atoms with E-state index in [9.17, 15) is 0 Å². The highest BCUT2D eigenvalue weighted by Gasteiger charge is 2.04. The van der Waals surface area contributed by atoms with Gasteiger partial charge in [-0.05, 0) is 48.2 Å². The Morgan fingerprint density at radius 3 is 2.50 bits per heavy atom. The normalized spacial score (nSPS) is 9.85. The van der Waals surface area contributed by atoms with E-state index in [1.807, 2.05) is 42.7 Å². The molecule has 4 heteroatoms. The van der Waals surface area contributed by atoms with E-state index in [0.29, 0.717) is 17.9 Å². The first-order valence-corrected chi connectivity index (χ1v) is 7.33. The van der Waals surface area contributed by atoms with Crippen LogP contribution in [0.15, 0.2) is 47.4 Å². The third-order valence-corrected chi connectivity index (χ3v) is 3.59. The van der Waals surface area contributed by atoms with E-state index in [0.717, 1.165) is 11.3 Å². The number of ether oxygens (including phenoxy) is 2. The fourth-order valence-electron chi connectivity index (χ4n) is 1.76. The van der Waals surface area contributed by atoms with Gasteiger partial charge in [0.25, 0.3) is 0 Å². The highest BCUT2D eigenvalue weighted by atomic mass is 32.2. The van der Waals surface area contributed by atoms with Crippen LogP contribution in [0, 0.1) is 11.3 Å². The van der Waals surface area contributed by atoms with E-state index in [2.05, 4.69) is 6.07 Å². The van der Waals surface area contributed by atoms with Crippen LogP contribution in [-0.4, -0.2) is 13.4 Å². The van der Waals surface area contributed by atoms with Crippen molar-refractivity contribution in [1.29, 1.82) is 5.26 Å². The Hall–Kier alpha value is -2.12. The van der Waals surface area contributed by atoms with Crippen molar-refractivity contribution in [2.24, 2.45) is 0 Å². The molecule has 0 fully saturated rings. The monoisotopic (exact) mass is 285 g/mol. The Labute approximate surface area is 123 Å². The van der Waals surface area contributed by atoms with Gasteiger partial charge in [-0.25, -0.2) is 0 Å². The Balaban J connectivity index is 2.05. The fraction of sp³-hybridized carbons (Fsp3) is 0.188. The molecule has 0 aliphatic heterocycles. The molecule has 3 nitrogen and oxygen atoms in total. The van der Waals surface area contributed by atoms with Gasteiger partial charge in [0, 0.05) is 4.90 Å². The number of nitriles is 1. The van der Waals surface area contributed by atoms with E-state index < -0.39 is 0 Å². The molecule has 0 spiro atoms. The first kappa shape index (κ1) is 14.3. The average molecular weight is 285 g/mol. The minimum Gasteiger partial charge on any atom is -0.495 e. The molecule has 0 amide bonds. The molecule has 0 bridgehead atoms. The summed E-state index contributed by atoms with van der Waals surface area (Å²) in [5.74, 6) is 1.40. The van der Waals surface area contributed by atoms with Crippen LogP contribution in [0.1, 0.15) is 11.1 Å². The lowest BCUT2D eigenvalue weighted by molar-refractivity contribution is 0.305. The van der Waals surface area contributed by atoms with Crippen LogP contribution in [0.3, 0.4) is 0 Å². The number of rotatable bonds is 5. The van der Waals surface area contributed by atoms with Crippen LogP contribution in [0.25, 0.3) is 0 Å². The minimum atomic E-state index is 0.445. The molecule has 0 atom stereocenters. The molecule has 0 N–H and O–H groups in total. The molecule has 0 aliphatic carbocycles. The number of hydrogen-bond acceptors (Lipinski definition) is 4. The topological polar surface area (TPSA) is 42.2 Å². The maximum Gasteiger partial charge on any atom is 0.137 e. The number of nitrogens with zero attached hydrogens (tertiary/aromatic N) is 1. The van der Waals surface area contributed by atoms with E-state index in [1.54, 1.807) is 24.9 Å². The van der Waals surface area contributed by atoms with Crippen molar-refractivity contribution < 1.29 is 9.47 Å². The van der Waals surface area contributed by atoms with Crippen molar-refractivity contribution in [2.75, 3.05) is 13.4 Å². The van der Waals surface area contributed by atoms with Gasteiger partial charge in [0.2, 0.25) is 0 Å². The smallest absolute Gasteiger partial charge is 0.137 e. The lowest BCUT2D eigenvalue weighted by Gasteiger charge is -2.09. The van der Waals surface area contributed by atoms with Crippen LogP contribution in [0.5, 0.6) is 11.5 Å². The zero-order valence-electron chi connectivity index (χ0n) is 11.4. The van der Waals surface area contributed by atoms with Crippen LogP contribution in [0.2, 0.25) is 0 Å². The Morgan fingerprint density at radius 2 is 1.90 bits per heavy atom. The van der Waals surface area contributed by atoms with E-state index in [4.69, 9.17) is 14.7 Å². The van der Waals surface area contributed by atoms with Crippen molar-refractivity contribution in [3.05, 3.63) is 53.6 Å². The molecule has 102 valence electrons. The fourth-order valence-corrected chi connectivity index (χ4v) is 2.16. The number of methoxy groups -OCH3 is 1. The third kappa shape index (κ3) is 3.46. The van der Waals surface area contributed by atoms with Gasteiger partial charge in [0.15, 0.2) is 0 Å². The van der Waals surface area contributed by atoms with Crippen LogP contribution >= 0.6 is 11.8 Å². The minimum absolute atomic E-state index is 0.445. The molecule has 0 unspecified atom stereocenters. The quantitative estimate of drug-likeness (QED) is 0.782. The molecule has 2 aromatic carbocycles. The standard InChI is InChI=1S/C16H15NO2S/c1-18-16-9-12(3-4-13(16)10-17)11-19-14-5-7-15(20-2)8-6-14/h3-9H,11H2,1-2H3. The van der Waals surface area contributed by atoms with Gasteiger partial charge in [0.1, 0.15) is 24.2 Å². The molecule has 0 radical (unpaired) electrons. The van der Waals surface area contributed by atoms with Crippen LogP contribution in [-0.2, 0) is 6.61 Å². The zero-order valence-corrected chi connectivity index (χ0v) is 12.2. The Morgan fingerprint density at radius 1 is 1.15 bits per heavy atom. The third-order valence-electron chi connectivity index (χ3n) is 2.85. The summed E-state index contributed by atoms with van der Waals surface area (Å²) in [4.78, 5) is 1.21. The summed E-state index contributed by atoms with van der Waals surface area (Å²) in [6, 6.07) is 15.5. The van der Waals surface area contributed by atoms with Gasteiger partial charge in [-0.1, -0.05) is 6.07 Å². The maximum absolute atomic E-state index is 8.93. The lowest BCUT2D eigenvalue weighted by atomic mass is 10.1. The van der Waals surface area contributed by atoms with Crippen LogP contribution in [0.4, 0.5) is 0 Å². The summed E-state index contributed by atoms with van der Waals surface area (Å²) in [5.41, 5.74) is 1.50. The summed E-state index contributed by atoms with van der Waals surface area (Å²) < 4.78 is 10.9. The Kier molecular flexibility index (Phi) is 4.91. The SMILES string of the molecule is COc1cc(COc2ccc(SC)cc2)ccc1C#N. The molecule has 0 aliphatic rings. The van der Waals surface area contributed by atoms with Gasteiger partial charge < -0.3 is 9.47 Å². The summed E-state index contributed by atoms with van der Waals surface area (Å²) >= 11 is 1.70. The van der Waals surface area contributed by atoms with Gasteiger partial charge in [0.05, 0.1) is 12.7 Å². The van der Waals surface area contributed by atoms with Crippen molar-refractivity contribution in [2.45, 2.75) is 11.5 Å². The second-order valence-electron chi connectivity index (χ2n) is 4.11. The summed E-state index contributed by atoms with van der Waals surface area (Å²) in [6.07, 6.45) is 2.04. The highest BCUT2D eigenvalue weighted by molar-refractivity contribution is 7.98. The zero-order chi connectivity index (χ0) is 14.4. The Bertz CT molecular complexity index is 617. The lowest BCUT2D eigenvalue weighted by Crippen LogP contribution is -1.97. The van der Waals surface area contributed by atoms with Gasteiger partial charge in [-0.3, -0.25) is 0 Å². The predicted molar refractivity (Wildman–Crippen MR) is 80.3 cm³/mol. The molecule has 0 aromatic heterocycles. The van der Waals surface area contributed by atoms with E-state index in [-0.39, 0.29) is 0 Å². The second kappa shape index (κ2) is 6.88. The van der Waals surface area contributed by atoms with Crippen LogP contribution < -0.4 is 9.47 Å². The summed E-state index contributed by atoms with van der Waals surface area (Å²) in [7, 11) is 1.56. The van der Waals surface area contributed by atoms with Crippen molar-refractivity contribution in [3.8, 4) is 17.6 Å².